The van der Waals surface area contributed by atoms with Crippen molar-refractivity contribution in [3.05, 3.63) is 33.8 Å². The van der Waals surface area contributed by atoms with Crippen LogP contribution in [0.1, 0.15) is 49.8 Å². The minimum atomic E-state index is 0.541. The number of rotatable bonds is 4. The molecular weight excluding hydrogens is 274 g/mol. The minimum Gasteiger partial charge on any atom is -0.310 e. The van der Waals surface area contributed by atoms with Crippen LogP contribution in [0.3, 0.4) is 0 Å². The molecule has 0 saturated heterocycles. The van der Waals surface area contributed by atoms with E-state index in [0.29, 0.717) is 6.04 Å². The number of hydrogen-bond acceptors (Lipinski definition) is 1. The molecule has 1 fully saturated rings. The van der Waals surface area contributed by atoms with Crippen LogP contribution in [-0.4, -0.2) is 6.54 Å². The third-order valence-electron chi connectivity index (χ3n) is 3.85. The van der Waals surface area contributed by atoms with Crippen LogP contribution in [0, 0.1) is 12.8 Å². The van der Waals surface area contributed by atoms with Crippen LogP contribution >= 0.6 is 15.9 Å². The normalized spacial score (nSPS) is 18.5. The molecule has 1 atom stereocenters. The van der Waals surface area contributed by atoms with Gasteiger partial charge in [0.2, 0.25) is 0 Å². The molecule has 0 radical (unpaired) electrons. The van der Waals surface area contributed by atoms with Crippen molar-refractivity contribution >= 4 is 15.9 Å². The summed E-state index contributed by atoms with van der Waals surface area (Å²) in [4.78, 5) is 0. The first-order valence-electron chi connectivity index (χ1n) is 6.71. The molecule has 1 unspecified atom stereocenters. The maximum Gasteiger partial charge on any atom is 0.0348 e. The summed E-state index contributed by atoms with van der Waals surface area (Å²) in [6, 6.07) is 7.34. The van der Waals surface area contributed by atoms with Crippen LogP contribution in [-0.2, 0) is 0 Å². The van der Waals surface area contributed by atoms with Crippen molar-refractivity contribution in [1.82, 2.24) is 5.32 Å². The lowest BCUT2D eigenvalue weighted by molar-refractivity contribution is 0.374. The molecule has 1 aliphatic carbocycles. The fourth-order valence-corrected chi connectivity index (χ4v) is 3.27. The molecule has 0 amide bonds. The van der Waals surface area contributed by atoms with E-state index in [2.05, 4.69) is 53.3 Å². The van der Waals surface area contributed by atoms with Gasteiger partial charge in [-0.1, -0.05) is 47.8 Å². The van der Waals surface area contributed by atoms with Gasteiger partial charge in [0.25, 0.3) is 0 Å². The number of hydrogen-bond donors (Lipinski definition) is 1. The maximum atomic E-state index is 3.67. The second kappa shape index (κ2) is 6.01. The molecule has 0 spiro atoms. The minimum absolute atomic E-state index is 0.541. The summed E-state index contributed by atoms with van der Waals surface area (Å²) in [6.45, 7) is 5.39. The highest BCUT2D eigenvalue weighted by Gasteiger charge is 2.25. The SMILES string of the molecule is CCNC(c1ccc(C)c(Br)c1)C1CCCC1. The Balaban J connectivity index is 2.21. The predicted molar refractivity (Wildman–Crippen MR) is 77.3 cm³/mol. The molecule has 0 bridgehead atoms. The second-order valence-corrected chi connectivity index (χ2v) is 5.94. The van der Waals surface area contributed by atoms with Crippen molar-refractivity contribution < 1.29 is 0 Å². The van der Waals surface area contributed by atoms with Crippen molar-refractivity contribution in [2.45, 2.75) is 45.6 Å². The van der Waals surface area contributed by atoms with Gasteiger partial charge in [-0.15, -0.1) is 0 Å². The lowest BCUT2D eigenvalue weighted by atomic mass is 9.91. The number of aryl methyl sites for hydroxylation is 1. The third-order valence-corrected chi connectivity index (χ3v) is 4.70. The van der Waals surface area contributed by atoms with E-state index in [0.717, 1.165) is 12.5 Å². The summed E-state index contributed by atoms with van der Waals surface area (Å²) >= 11 is 3.65. The Morgan fingerprint density at radius 1 is 1.35 bits per heavy atom. The van der Waals surface area contributed by atoms with E-state index < -0.39 is 0 Å². The smallest absolute Gasteiger partial charge is 0.0348 e. The zero-order valence-corrected chi connectivity index (χ0v) is 12.4. The highest BCUT2D eigenvalue weighted by atomic mass is 79.9. The van der Waals surface area contributed by atoms with Crippen LogP contribution in [0.2, 0.25) is 0 Å². The summed E-state index contributed by atoms with van der Waals surface area (Å²) in [5.74, 6) is 0.824. The molecule has 2 rings (SSSR count). The Morgan fingerprint density at radius 2 is 2.06 bits per heavy atom. The molecule has 0 aromatic heterocycles. The summed E-state index contributed by atoms with van der Waals surface area (Å²) in [5.41, 5.74) is 2.76. The van der Waals surface area contributed by atoms with Crippen molar-refractivity contribution in [3.8, 4) is 0 Å². The molecule has 1 aliphatic rings. The number of benzene rings is 1. The molecular formula is C15H22BrN. The first-order valence-corrected chi connectivity index (χ1v) is 7.51. The van der Waals surface area contributed by atoms with Crippen LogP contribution in [0.15, 0.2) is 22.7 Å². The topological polar surface area (TPSA) is 12.0 Å². The monoisotopic (exact) mass is 295 g/mol. The molecule has 1 nitrogen and oxygen atoms in total. The highest BCUT2D eigenvalue weighted by molar-refractivity contribution is 9.10. The third kappa shape index (κ3) is 3.11. The van der Waals surface area contributed by atoms with E-state index in [9.17, 15) is 0 Å². The van der Waals surface area contributed by atoms with Crippen LogP contribution in [0.5, 0.6) is 0 Å². The first kappa shape index (κ1) is 13.1. The second-order valence-electron chi connectivity index (χ2n) is 5.09. The van der Waals surface area contributed by atoms with Crippen LogP contribution in [0.4, 0.5) is 0 Å². The predicted octanol–water partition coefficient (Wildman–Crippen LogP) is 4.60. The van der Waals surface area contributed by atoms with E-state index >= 15 is 0 Å². The van der Waals surface area contributed by atoms with Gasteiger partial charge in [0.1, 0.15) is 0 Å². The van der Waals surface area contributed by atoms with Gasteiger partial charge in [-0.2, -0.15) is 0 Å². The quantitative estimate of drug-likeness (QED) is 0.856. The lowest BCUT2D eigenvalue weighted by Crippen LogP contribution is -2.26. The van der Waals surface area contributed by atoms with Gasteiger partial charge < -0.3 is 5.32 Å². The first-order chi connectivity index (χ1) is 8.22. The Labute approximate surface area is 113 Å². The van der Waals surface area contributed by atoms with Crippen LogP contribution in [0.25, 0.3) is 0 Å². The van der Waals surface area contributed by atoms with Crippen molar-refractivity contribution in [1.29, 1.82) is 0 Å². The van der Waals surface area contributed by atoms with Gasteiger partial charge in [-0.25, -0.2) is 0 Å². The van der Waals surface area contributed by atoms with E-state index in [1.54, 1.807) is 0 Å². The maximum absolute atomic E-state index is 3.67. The van der Waals surface area contributed by atoms with Crippen molar-refractivity contribution in [2.75, 3.05) is 6.54 Å². The lowest BCUT2D eigenvalue weighted by Gasteiger charge is -2.25. The fourth-order valence-electron chi connectivity index (χ4n) is 2.87. The van der Waals surface area contributed by atoms with E-state index in [-0.39, 0.29) is 0 Å². The van der Waals surface area contributed by atoms with Crippen molar-refractivity contribution in [2.24, 2.45) is 5.92 Å². The Bertz CT molecular complexity index is 369. The van der Waals surface area contributed by atoms with Crippen LogP contribution < -0.4 is 5.32 Å². The van der Waals surface area contributed by atoms with Gasteiger partial charge in [-0.05, 0) is 49.4 Å². The summed E-state index contributed by atoms with van der Waals surface area (Å²) in [5, 5.41) is 3.67. The average molecular weight is 296 g/mol. The van der Waals surface area contributed by atoms with Gasteiger partial charge in [0.05, 0.1) is 0 Å². The molecule has 1 saturated carbocycles. The van der Waals surface area contributed by atoms with E-state index in [1.165, 1.54) is 41.3 Å². The average Bonchev–Trinajstić information content (AvgIpc) is 2.83. The zero-order chi connectivity index (χ0) is 12.3. The molecule has 1 N–H and O–H groups in total. The summed E-state index contributed by atoms with van der Waals surface area (Å²) < 4.78 is 1.23. The Kier molecular flexibility index (Phi) is 4.63. The summed E-state index contributed by atoms with van der Waals surface area (Å²) in [6.07, 6.45) is 5.56. The molecule has 17 heavy (non-hydrogen) atoms. The highest BCUT2D eigenvalue weighted by Crippen LogP contribution is 2.36. The molecule has 0 heterocycles. The molecule has 1 aromatic rings. The number of nitrogens with one attached hydrogen (secondary N) is 1. The fraction of sp³-hybridized carbons (Fsp3) is 0.600. The standard InChI is InChI=1S/C15H22BrN/c1-3-17-15(12-6-4-5-7-12)13-9-8-11(2)14(16)10-13/h8-10,12,15,17H,3-7H2,1-2H3. The zero-order valence-electron chi connectivity index (χ0n) is 10.8. The van der Waals surface area contributed by atoms with Gasteiger partial charge in [-0.3, -0.25) is 0 Å². The summed E-state index contributed by atoms with van der Waals surface area (Å²) in [7, 11) is 0. The van der Waals surface area contributed by atoms with Crippen molar-refractivity contribution in [3.63, 3.8) is 0 Å². The van der Waals surface area contributed by atoms with Gasteiger partial charge >= 0.3 is 0 Å². The molecule has 1 aromatic carbocycles. The molecule has 0 aliphatic heterocycles. The Hall–Kier alpha value is -0.340. The van der Waals surface area contributed by atoms with Gasteiger partial charge in [0.15, 0.2) is 0 Å². The molecule has 2 heteroatoms. The molecule has 94 valence electrons. The van der Waals surface area contributed by atoms with Gasteiger partial charge in [0, 0.05) is 10.5 Å². The Morgan fingerprint density at radius 3 is 2.65 bits per heavy atom. The largest absolute Gasteiger partial charge is 0.310 e. The van der Waals surface area contributed by atoms with E-state index in [4.69, 9.17) is 0 Å². The number of halogens is 1. The van der Waals surface area contributed by atoms with E-state index in [1.807, 2.05) is 0 Å².